The van der Waals surface area contributed by atoms with E-state index in [0.29, 0.717) is 12.0 Å². The number of nitrogens with zero attached hydrogens (tertiary/aromatic N) is 2. The number of nitrogens with one attached hydrogen (secondary N) is 1. The molecule has 2 unspecified atom stereocenters. The van der Waals surface area contributed by atoms with Gasteiger partial charge in [0, 0.05) is 45.4 Å². The topological polar surface area (TPSA) is 44.8 Å². The second-order valence-electron chi connectivity index (χ2n) is 7.50. The molecule has 0 aromatic heterocycles. The number of piperazine rings is 1. The Balaban J connectivity index is 1.70. The summed E-state index contributed by atoms with van der Waals surface area (Å²) in [5, 5.41) is 3.20. The number of amides is 1. The van der Waals surface area contributed by atoms with Crippen LogP contribution in [0.1, 0.15) is 52.9 Å². The average Bonchev–Trinajstić information content (AvgIpc) is 2.61. The molecule has 0 aromatic rings. The molecule has 1 heterocycles. The molecule has 24 heavy (non-hydrogen) atoms. The molecule has 1 saturated carbocycles. The van der Waals surface area contributed by atoms with Gasteiger partial charge in [-0.3, -0.25) is 14.6 Å². The molecular formula is C19H37N3O2. The quantitative estimate of drug-likeness (QED) is 0.688. The molecule has 1 aliphatic carbocycles. The molecule has 1 amide bonds. The van der Waals surface area contributed by atoms with Crippen LogP contribution in [0.5, 0.6) is 0 Å². The van der Waals surface area contributed by atoms with Gasteiger partial charge in [-0.05, 0) is 39.5 Å². The van der Waals surface area contributed by atoms with Gasteiger partial charge in [0.1, 0.15) is 0 Å². The maximum Gasteiger partial charge on any atom is 0.237 e. The Morgan fingerprint density at radius 3 is 2.67 bits per heavy atom. The maximum atomic E-state index is 12.5. The highest BCUT2D eigenvalue weighted by Crippen LogP contribution is 2.22. The van der Waals surface area contributed by atoms with Crippen LogP contribution in [-0.2, 0) is 9.53 Å². The van der Waals surface area contributed by atoms with E-state index in [-0.39, 0.29) is 11.9 Å². The summed E-state index contributed by atoms with van der Waals surface area (Å²) >= 11 is 0. The van der Waals surface area contributed by atoms with Crippen molar-refractivity contribution in [1.29, 1.82) is 0 Å². The molecule has 2 fully saturated rings. The summed E-state index contributed by atoms with van der Waals surface area (Å²) in [6, 6.07) is 0.456. The maximum absolute atomic E-state index is 12.5. The van der Waals surface area contributed by atoms with Crippen molar-refractivity contribution in [3.8, 4) is 0 Å². The fourth-order valence-corrected chi connectivity index (χ4v) is 3.98. The third-order valence-electron chi connectivity index (χ3n) is 5.74. The number of rotatable bonds is 8. The lowest BCUT2D eigenvalue weighted by atomic mass is 9.89. The smallest absolute Gasteiger partial charge is 0.237 e. The number of ether oxygens (including phenoxy) is 1. The highest BCUT2D eigenvalue weighted by atomic mass is 16.5. The number of carbonyl (C=O) groups is 1. The van der Waals surface area contributed by atoms with Crippen LogP contribution in [0.4, 0.5) is 0 Å². The van der Waals surface area contributed by atoms with E-state index >= 15 is 0 Å². The van der Waals surface area contributed by atoms with Crippen molar-refractivity contribution >= 4 is 5.91 Å². The Kier molecular flexibility index (Phi) is 8.50. The zero-order valence-electron chi connectivity index (χ0n) is 15.9. The average molecular weight is 340 g/mol. The number of carbonyl (C=O) groups excluding carboxylic acids is 1. The van der Waals surface area contributed by atoms with Crippen LogP contribution >= 0.6 is 0 Å². The van der Waals surface area contributed by atoms with Gasteiger partial charge >= 0.3 is 0 Å². The monoisotopic (exact) mass is 339 g/mol. The molecule has 2 aliphatic rings. The summed E-state index contributed by atoms with van der Waals surface area (Å²) < 4.78 is 5.47. The third-order valence-corrected chi connectivity index (χ3v) is 5.74. The van der Waals surface area contributed by atoms with E-state index in [1.807, 2.05) is 6.92 Å². The van der Waals surface area contributed by atoms with E-state index in [4.69, 9.17) is 4.74 Å². The molecule has 0 spiro atoms. The molecule has 0 aromatic carbocycles. The van der Waals surface area contributed by atoms with Gasteiger partial charge in [0.25, 0.3) is 0 Å². The third kappa shape index (κ3) is 6.01. The summed E-state index contributed by atoms with van der Waals surface area (Å²) in [6.45, 7) is 12.7. The molecule has 2 rings (SSSR count). The summed E-state index contributed by atoms with van der Waals surface area (Å²) in [7, 11) is 0. The van der Waals surface area contributed by atoms with Gasteiger partial charge in [-0.25, -0.2) is 0 Å². The lowest BCUT2D eigenvalue weighted by Gasteiger charge is -2.42. The second-order valence-corrected chi connectivity index (χ2v) is 7.50. The first-order valence-electron chi connectivity index (χ1n) is 9.95. The minimum absolute atomic E-state index is 0.0231. The van der Waals surface area contributed by atoms with Gasteiger partial charge in [0.15, 0.2) is 0 Å². The number of hydrogen-bond donors (Lipinski definition) is 1. The SMILES string of the molecule is CCOCCN1CCN(C(C)C(=O)NCC2CCCCC2)CC1C. The van der Waals surface area contributed by atoms with Crippen LogP contribution in [0.2, 0.25) is 0 Å². The summed E-state index contributed by atoms with van der Waals surface area (Å²) in [6.07, 6.45) is 6.59. The van der Waals surface area contributed by atoms with E-state index in [0.717, 1.165) is 45.9 Å². The first-order valence-corrected chi connectivity index (χ1v) is 9.95. The fraction of sp³-hybridized carbons (Fsp3) is 0.947. The van der Waals surface area contributed by atoms with Crippen LogP contribution in [0.15, 0.2) is 0 Å². The van der Waals surface area contributed by atoms with Crippen LogP contribution in [0.25, 0.3) is 0 Å². The summed E-state index contributed by atoms with van der Waals surface area (Å²) in [5.74, 6) is 0.903. The van der Waals surface area contributed by atoms with Gasteiger partial charge in [0.05, 0.1) is 12.6 Å². The highest BCUT2D eigenvalue weighted by Gasteiger charge is 2.29. The van der Waals surface area contributed by atoms with E-state index in [1.54, 1.807) is 0 Å². The first-order chi connectivity index (χ1) is 11.6. The predicted molar refractivity (Wildman–Crippen MR) is 98.1 cm³/mol. The molecule has 2 atom stereocenters. The summed E-state index contributed by atoms with van der Waals surface area (Å²) in [4.78, 5) is 17.3. The Bertz CT molecular complexity index is 372. The first kappa shape index (κ1) is 19.7. The van der Waals surface area contributed by atoms with Crippen molar-refractivity contribution in [1.82, 2.24) is 15.1 Å². The van der Waals surface area contributed by atoms with Crippen molar-refractivity contribution < 1.29 is 9.53 Å². The predicted octanol–water partition coefficient (Wildman–Crippen LogP) is 2.11. The van der Waals surface area contributed by atoms with Crippen LogP contribution < -0.4 is 5.32 Å². The van der Waals surface area contributed by atoms with Crippen molar-refractivity contribution in [3.63, 3.8) is 0 Å². The molecular weight excluding hydrogens is 302 g/mol. The Morgan fingerprint density at radius 1 is 1.25 bits per heavy atom. The van der Waals surface area contributed by atoms with Crippen molar-refractivity contribution in [2.45, 2.75) is 65.0 Å². The molecule has 0 bridgehead atoms. The summed E-state index contributed by atoms with van der Waals surface area (Å²) in [5.41, 5.74) is 0. The Hall–Kier alpha value is -0.650. The van der Waals surface area contributed by atoms with E-state index < -0.39 is 0 Å². The van der Waals surface area contributed by atoms with Gasteiger partial charge in [0.2, 0.25) is 5.91 Å². The van der Waals surface area contributed by atoms with Crippen molar-refractivity contribution in [2.24, 2.45) is 5.92 Å². The number of hydrogen-bond acceptors (Lipinski definition) is 4. The molecule has 1 aliphatic heterocycles. The molecule has 0 radical (unpaired) electrons. The highest BCUT2D eigenvalue weighted by molar-refractivity contribution is 5.81. The Morgan fingerprint density at radius 2 is 2.00 bits per heavy atom. The molecule has 1 N–H and O–H groups in total. The minimum atomic E-state index is -0.0231. The van der Waals surface area contributed by atoms with E-state index in [2.05, 4.69) is 29.0 Å². The second kappa shape index (κ2) is 10.4. The van der Waals surface area contributed by atoms with Gasteiger partial charge < -0.3 is 10.1 Å². The fourth-order valence-electron chi connectivity index (χ4n) is 3.98. The van der Waals surface area contributed by atoms with Crippen LogP contribution in [-0.4, -0.2) is 73.7 Å². The lowest BCUT2D eigenvalue weighted by Crippen LogP contribution is -2.57. The minimum Gasteiger partial charge on any atom is -0.380 e. The van der Waals surface area contributed by atoms with Crippen molar-refractivity contribution in [3.05, 3.63) is 0 Å². The van der Waals surface area contributed by atoms with E-state index in [1.165, 1.54) is 32.1 Å². The van der Waals surface area contributed by atoms with Gasteiger partial charge in [-0.1, -0.05) is 19.3 Å². The normalized spacial score (nSPS) is 25.5. The van der Waals surface area contributed by atoms with Gasteiger partial charge in [-0.2, -0.15) is 0 Å². The standard InChI is InChI=1S/C19H37N3O2/c1-4-24-13-12-21-10-11-22(15-16(21)2)17(3)19(23)20-14-18-8-6-5-7-9-18/h16-18H,4-15H2,1-3H3,(H,20,23). The molecule has 5 heteroatoms. The van der Waals surface area contributed by atoms with Gasteiger partial charge in [-0.15, -0.1) is 0 Å². The zero-order chi connectivity index (χ0) is 17.4. The Labute approximate surface area is 148 Å². The molecule has 1 saturated heterocycles. The van der Waals surface area contributed by atoms with Crippen molar-refractivity contribution in [2.75, 3.05) is 45.9 Å². The van der Waals surface area contributed by atoms with Crippen LogP contribution in [0.3, 0.4) is 0 Å². The van der Waals surface area contributed by atoms with E-state index in [9.17, 15) is 4.79 Å². The zero-order valence-corrected chi connectivity index (χ0v) is 15.9. The molecule has 5 nitrogen and oxygen atoms in total. The lowest BCUT2D eigenvalue weighted by molar-refractivity contribution is -0.127. The molecule has 140 valence electrons. The largest absolute Gasteiger partial charge is 0.380 e. The van der Waals surface area contributed by atoms with Crippen LogP contribution in [0, 0.1) is 5.92 Å².